The minimum absolute atomic E-state index is 0.703. The molecule has 4 heteroatoms. The number of anilines is 2. The van der Waals surface area contributed by atoms with E-state index in [0.717, 1.165) is 24.0 Å². The van der Waals surface area contributed by atoms with Gasteiger partial charge in [-0.15, -0.1) is 0 Å². The number of hydrogen-bond donors (Lipinski definition) is 1. The van der Waals surface area contributed by atoms with Gasteiger partial charge in [0.2, 0.25) is 0 Å². The Morgan fingerprint density at radius 1 is 1.47 bits per heavy atom. The van der Waals surface area contributed by atoms with Gasteiger partial charge in [0, 0.05) is 25.7 Å². The summed E-state index contributed by atoms with van der Waals surface area (Å²) in [6, 6.07) is 2.73. The molecular weight excluding hydrogens is 188 g/mol. The zero-order chi connectivity index (χ0) is 10.8. The van der Waals surface area contributed by atoms with Crippen LogP contribution in [-0.4, -0.2) is 29.6 Å². The molecule has 2 rings (SSSR count). The van der Waals surface area contributed by atoms with Crippen LogP contribution in [0.15, 0.2) is 6.07 Å². The maximum Gasteiger partial charge on any atom is 0.134 e. The Hall–Kier alpha value is -1.32. The van der Waals surface area contributed by atoms with Crippen LogP contribution in [0.4, 0.5) is 11.6 Å². The highest BCUT2D eigenvalue weighted by Crippen LogP contribution is 2.30. The van der Waals surface area contributed by atoms with Gasteiger partial charge in [0.05, 0.1) is 0 Å². The Bertz CT molecular complexity index is 346. The van der Waals surface area contributed by atoms with E-state index in [1.165, 1.54) is 12.8 Å². The predicted molar refractivity (Wildman–Crippen MR) is 62.4 cm³/mol. The summed E-state index contributed by atoms with van der Waals surface area (Å²) in [6.45, 7) is 5.13. The quantitative estimate of drug-likeness (QED) is 0.815. The largest absolute Gasteiger partial charge is 0.373 e. The minimum Gasteiger partial charge on any atom is -0.373 e. The number of aromatic nitrogens is 2. The van der Waals surface area contributed by atoms with Gasteiger partial charge in [0.25, 0.3) is 0 Å². The molecule has 15 heavy (non-hydrogen) atoms. The van der Waals surface area contributed by atoms with Gasteiger partial charge in [-0.25, -0.2) is 9.97 Å². The van der Waals surface area contributed by atoms with Crippen LogP contribution in [0.1, 0.15) is 25.6 Å². The molecule has 82 valence electrons. The molecule has 0 amide bonds. The van der Waals surface area contributed by atoms with Crippen LogP contribution >= 0.6 is 0 Å². The van der Waals surface area contributed by atoms with Crippen LogP contribution in [-0.2, 0) is 0 Å². The van der Waals surface area contributed by atoms with Crippen molar-refractivity contribution in [1.82, 2.24) is 9.97 Å². The Morgan fingerprint density at radius 2 is 2.20 bits per heavy atom. The Morgan fingerprint density at radius 3 is 2.73 bits per heavy atom. The Balaban J connectivity index is 2.28. The molecule has 1 aromatic rings. The molecule has 0 aliphatic heterocycles. The second kappa shape index (κ2) is 4.04. The van der Waals surface area contributed by atoms with E-state index in [9.17, 15) is 0 Å². The minimum atomic E-state index is 0.703. The lowest BCUT2D eigenvalue weighted by molar-refractivity contribution is 0.800. The van der Waals surface area contributed by atoms with Crippen LogP contribution < -0.4 is 10.2 Å². The first-order chi connectivity index (χ1) is 7.24. The SMILES string of the molecule is CCN(c1cc(NC)nc(C)n1)C1CC1. The fraction of sp³-hybridized carbons (Fsp3) is 0.636. The van der Waals surface area contributed by atoms with Gasteiger partial charge in [-0.1, -0.05) is 0 Å². The molecule has 1 saturated carbocycles. The molecule has 4 nitrogen and oxygen atoms in total. The highest BCUT2D eigenvalue weighted by molar-refractivity contribution is 5.50. The van der Waals surface area contributed by atoms with Crippen LogP contribution in [0.5, 0.6) is 0 Å². The van der Waals surface area contributed by atoms with Gasteiger partial charge in [-0.2, -0.15) is 0 Å². The van der Waals surface area contributed by atoms with Crippen LogP contribution in [0.2, 0.25) is 0 Å². The first-order valence-electron chi connectivity index (χ1n) is 5.54. The fourth-order valence-electron chi connectivity index (χ4n) is 1.82. The summed E-state index contributed by atoms with van der Waals surface area (Å²) >= 11 is 0. The third-order valence-electron chi connectivity index (χ3n) is 2.70. The third-order valence-corrected chi connectivity index (χ3v) is 2.70. The van der Waals surface area contributed by atoms with Crippen LogP contribution in [0.3, 0.4) is 0 Å². The van der Waals surface area contributed by atoms with Crippen LogP contribution in [0.25, 0.3) is 0 Å². The topological polar surface area (TPSA) is 41.0 Å². The van der Waals surface area contributed by atoms with Crippen molar-refractivity contribution in [3.8, 4) is 0 Å². The smallest absolute Gasteiger partial charge is 0.134 e. The molecule has 0 unspecified atom stereocenters. The van der Waals surface area contributed by atoms with Gasteiger partial charge in [0.15, 0.2) is 0 Å². The van der Waals surface area contributed by atoms with E-state index in [-0.39, 0.29) is 0 Å². The average Bonchev–Trinajstić information content (AvgIpc) is 3.02. The molecule has 1 aromatic heterocycles. The van der Waals surface area contributed by atoms with E-state index in [1.54, 1.807) is 0 Å². The van der Waals surface area contributed by atoms with Crippen molar-refractivity contribution in [3.05, 3.63) is 11.9 Å². The summed E-state index contributed by atoms with van der Waals surface area (Å²) in [7, 11) is 1.89. The van der Waals surface area contributed by atoms with Gasteiger partial charge in [-0.05, 0) is 26.7 Å². The Kier molecular flexibility index (Phi) is 2.75. The lowest BCUT2D eigenvalue weighted by Gasteiger charge is -2.22. The van der Waals surface area contributed by atoms with Gasteiger partial charge in [0.1, 0.15) is 17.5 Å². The maximum absolute atomic E-state index is 4.49. The van der Waals surface area contributed by atoms with Crippen molar-refractivity contribution in [1.29, 1.82) is 0 Å². The van der Waals surface area contributed by atoms with E-state index in [0.29, 0.717) is 6.04 Å². The lowest BCUT2D eigenvalue weighted by Crippen LogP contribution is -2.26. The fourth-order valence-corrected chi connectivity index (χ4v) is 1.82. The highest BCUT2D eigenvalue weighted by atomic mass is 15.2. The predicted octanol–water partition coefficient (Wildman–Crippen LogP) is 1.82. The summed E-state index contributed by atoms with van der Waals surface area (Å²) in [5.41, 5.74) is 0. The molecule has 0 aromatic carbocycles. The highest BCUT2D eigenvalue weighted by Gasteiger charge is 2.29. The molecule has 0 radical (unpaired) electrons. The molecule has 1 aliphatic rings. The normalized spacial score (nSPS) is 15.1. The lowest BCUT2D eigenvalue weighted by atomic mass is 10.4. The summed E-state index contributed by atoms with van der Waals surface area (Å²) in [6.07, 6.45) is 2.59. The molecular formula is C11H18N4. The zero-order valence-electron chi connectivity index (χ0n) is 9.62. The zero-order valence-corrected chi connectivity index (χ0v) is 9.62. The van der Waals surface area contributed by atoms with Crippen molar-refractivity contribution in [3.63, 3.8) is 0 Å². The first kappa shape index (κ1) is 10.2. The van der Waals surface area contributed by atoms with Crippen molar-refractivity contribution in [2.45, 2.75) is 32.7 Å². The van der Waals surface area contributed by atoms with E-state index in [2.05, 4.69) is 27.1 Å². The molecule has 1 N–H and O–H groups in total. The maximum atomic E-state index is 4.49. The molecule has 0 saturated heterocycles. The molecule has 1 fully saturated rings. The molecule has 1 heterocycles. The first-order valence-corrected chi connectivity index (χ1v) is 5.54. The van der Waals surface area contributed by atoms with E-state index < -0.39 is 0 Å². The number of hydrogen-bond acceptors (Lipinski definition) is 4. The third kappa shape index (κ3) is 2.19. The van der Waals surface area contributed by atoms with Gasteiger partial charge in [-0.3, -0.25) is 0 Å². The number of nitrogens with zero attached hydrogens (tertiary/aromatic N) is 3. The van der Waals surface area contributed by atoms with Crippen molar-refractivity contribution >= 4 is 11.6 Å². The summed E-state index contributed by atoms with van der Waals surface area (Å²) in [5.74, 6) is 2.78. The summed E-state index contributed by atoms with van der Waals surface area (Å²) in [5, 5.41) is 3.07. The Labute approximate surface area is 90.7 Å². The monoisotopic (exact) mass is 206 g/mol. The number of aryl methyl sites for hydroxylation is 1. The van der Waals surface area contributed by atoms with Gasteiger partial charge >= 0.3 is 0 Å². The van der Waals surface area contributed by atoms with Crippen molar-refractivity contribution in [2.24, 2.45) is 0 Å². The van der Waals surface area contributed by atoms with Gasteiger partial charge < -0.3 is 10.2 Å². The molecule has 0 atom stereocenters. The number of rotatable bonds is 4. The molecule has 1 aliphatic carbocycles. The van der Waals surface area contributed by atoms with E-state index in [1.807, 2.05) is 20.0 Å². The average molecular weight is 206 g/mol. The van der Waals surface area contributed by atoms with Crippen molar-refractivity contribution < 1.29 is 0 Å². The standard InChI is InChI=1S/C11H18N4/c1-4-15(9-5-6-9)11-7-10(12-3)13-8(2)14-11/h7,9H,4-6H2,1-3H3,(H,12,13,14). The van der Waals surface area contributed by atoms with E-state index >= 15 is 0 Å². The summed E-state index contributed by atoms with van der Waals surface area (Å²) in [4.78, 5) is 11.1. The molecule has 0 bridgehead atoms. The van der Waals surface area contributed by atoms with E-state index in [4.69, 9.17) is 0 Å². The second-order valence-corrected chi connectivity index (χ2v) is 3.93. The van der Waals surface area contributed by atoms with Crippen LogP contribution in [0, 0.1) is 6.92 Å². The number of nitrogens with one attached hydrogen (secondary N) is 1. The molecule has 0 spiro atoms. The van der Waals surface area contributed by atoms with Crippen molar-refractivity contribution in [2.75, 3.05) is 23.8 Å². The second-order valence-electron chi connectivity index (χ2n) is 3.93. The summed E-state index contributed by atoms with van der Waals surface area (Å²) < 4.78 is 0.